The molecule has 3 rings (SSSR count). The summed E-state index contributed by atoms with van der Waals surface area (Å²) in [7, 11) is 0. The zero-order valence-electron chi connectivity index (χ0n) is 15.4. The summed E-state index contributed by atoms with van der Waals surface area (Å²) in [5, 5.41) is 21.8. The van der Waals surface area contributed by atoms with Crippen molar-refractivity contribution < 1.29 is 10.2 Å². The standard InChI is InChI=1S/C24H26O2/c1-23(25,17-19-9-5-3-6-10-19)21-13-15-22(16-14-21)24(2,26)18-20-11-7-4-8-12-20/h3-16,25-26H,17-18H2,1-2H3. The van der Waals surface area contributed by atoms with Crippen molar-refractivity contribution in [1.82, 2.24) is 0 Å². The zero-order chi connectivity index (χ0) is 18.6. The fourth-order valence-corrected chi connectivity index (χ4v) is 3.38. The number of hydrogen-bond acceptors (Lipinski definition) is 2. The maximum Gasteiger partial charge on any atom is 0.0908 e. The first-order chi connectivity index (χ1) is 12.4. The Labute approximate surface area is 155 Å². The Balaban J connectivity index is 1.77. The van der Waals surface area contributed by atoms with Gasteiger partial charge in [0.2, 0.25) is 0 Å². The van der Waals surface area contributed by atoms with Crippen LogP contribution in [0.1, 0.15) is 36.1 Å². The summed E-state index contributed by atoms with van der Waals surface area (Å²) in [5.41, 5.74) is 1.98. The Hall–Kier alpha value is -2.42. The molecule has 0 aromatic heterocycles. The van der Waals surface area contributed by atoms with Gasteiger partial charge < -0.3 is 10.2 Å². The SMILES string of the molecule is CC(O)(Cc1ccccc1)c1ccc(C(C)(O)Cc2ccccc2)cc1. The molecule has 0 aliphatic rings. The summed E-state index contributed by atoms with van der Waals surface area (Å²) in [5.74, 6) is 0. The normalized spacial score (nSPS) is 15.8. The Kier molecular flexibility index (Phi) is 5.26. The second kappa shape index (κ2) is 7.45. The van der Waals surface area contributed by atoms with Crippen LogP contribution in [0.5, 0.6) is 0 Å². The third kappa shape index (κ3) is 4.40. The Morgan fingerprint density at radius 3 is 1.15 bits per heavy atom. The predicted molar refractivity (Wildman–Crippen MR) is 106 cm³/mol. The quantitative estimate of drug-likeness (QED) is 0.685. The minimum atomic E-state index is -0.953. The lowest BCUT2D eigenvalue weighted by atomic mass is 9.85. The van der Waals surface area contributed by atoms with E-state index in [4.69, 9.17) is 0 Å². The molecule has 2 N–H and O–H groups in total. The van der Waals surface area contributed by atoms with Gasteiger partial charge in [-0.3, -0.25) is 0 Å². The highest BCUT2D eigenvalue weighted by atomic mass is 16.3. The van der Waals surface area contributed by atoms with Gasteiger partial charge in [0.1, 0.15) is 0 Å². The summed E-state index contributed by atoms with van der Waals surface area (Å²) < 4.78 is 0. The lowest BCUT2D eigenvalue weighted by molar-refractivity contribution is 0.0535. The molecule has 2 nitrogen and oxygen atoms in total. The molecule has 0 aliphatic heterocycles. The highest BCUT2D eigenvalue weighted by Crippen LogP contribution is 2.30. The molecular weight excluding hydrogens is 320 g/mol. The maximum absolute atomic E-state index is 10.9. The lowest BCUT2D eigenvalue weighted by Crippen LogP contribution is -2.26. The van der Waals surface area contributed by atoms with E-state index in [0.717, 1.165) is 22.3 Å². The van der Waals surface area contributed by atoms with Gasteiger partial charge in [-0.25, -0.2) is 0 Å². The van der Waals surface area contributed by atoms with E-state index in [1.807, 2.05) is 98.8 Å². The first kappa shape index (κ1) is 18.4. The van der Waals surface area contributed by atoms with Crippen LogP contribution in [0, 0.1) is 0 Å². The number of aliphatic hydroxyl groups is 2. The fourth-order valence-electron chi connectivity index (χ4n) is 3.38. The van der Waals surface area contributed by atoms with E-state index in [1.54, 1.807) is 0 Å². The third-order valence-corrected chi connectivity index (χ3v) is 4.91. The van der Waals surface area contributed by atoms with Crippen molar-refractivity contribution in [2.75, 3.05) is 0 Å². The van der Waals surface area contributed by atoms with Crippen LogP contribution in [-0.4, -0.2) is 10.2 Å². The smallest absolute Gasteiger partial charge is 0.0908 e. The van der Waals surface area contributed by atoms with Crippen molar-refractivity contribution in [3.05, 3.63) is 107 Å². The Morgan fingerprint density at radius 1 is 0.538 bits per heavy atom. The van der Waals surface area contributed by atoms with Gasteiger partial charge in [0, 0.05) is 12.8 Å². The molecule has 3 aromatic carbocycles. The maximum atomic E-state index is 10.9. The molecule has 0 spiro atoms. The van der Waals surface area contributed by atoms with Crippen molar-refractivity contribution in [2.24, 2.45) is 0 Å². The Morgan fingerprint density at radius 2 is 0.846 bits per heavy atom. The molecule has 0 heterocycles. The monoisotopic (exact) mass is 346 g/mol. The first-order valence-electron chi connectivity index (χ1n) is 9.00. The number of hydrogen-bond donors (Lipinski definition) is 2. The van der Waals surface area contributed by atoms with E-state index in [-0.39, 0.29) is 0 Å². The van der Waals surface area contributed by atoms with Crippen LogP contribution in [0.4, 0.5) is 0 Å². The summed E-state index contributed by atoms with van der Waals surface area (Å²) in [6.45, 7) is 3.66. The highest BCUT2D eigenvalue weighted by Gasteiger charge is 2.27. The third-order valence-electron chi connectivity index (χ3n) is 4.91. The molecular formula is C24H26O2. The second-order valence-corrected chi connectivity index (χ2v) is 7.45. The summed E-state index contributed by atoms with van der Waals surface area (Å²) >= 11 is 0. The molecule has 3 aromatic rings. The summed E-state index contributed by atoms with van der Waals surface area (Å²) in [4.78, 5) is 0. The molecule has 0 radical (unpaired) electrons. The predicted octanol–water partition coefficient (Wildman–Crippen LogP) is 4.59. The van der Waals surface area contributed by atoms with E-state index >= 15 is 0 Å². The van der Waals surface area contributed by atoms with E-state index in [0.29, 0.717) is 12.8 Å². The van der Waals surface area contributed by atoms with E-state index in [9.17, 15) is 10.2 Å². The van der Waals surface area contributed by atoms with Crippen LogP contribution >= 0.6 is 0 Å². The molecule has 0 aliphatic carbocycles. The van der Waals surface area contributed by atoms with Gasteiger partial charge in [0.15, 0.2) is 0 Å². The van der Waals surface area contributed by atoms with Crippen molar-refractivity contribution in [1.29, 1.82) is 0 Å². The molecule has 0 saturated heterocycles. The van der Waals surface area contributed by atoms with Gasteiger partial charge in [-0.1, -0.05) is 84.9 Å². The molecule has 26 heavy (non-hydrogen) atoms. The minimum Gasteiger partial charge on any atom is -0.385 e. The molecule has 0 amide bonds. The second-order valence-electron chi connectivity index (χ2n) is 7.45. The van der Waals surface area contributed by atoms with Gasteiger partial charge in [-0.2, -0.15) is 0 Å². The van der Waals surface area contributed by atoms with Crippen molar-refractivity contribution in [3.8, 4) is 0 Å². The molecule has 0 fully saturated rings. The van der Waals surface area contributed by atoms with Crippen molar-refractivity contribution in [3.63, 3.8) is 0 Å². The van der Waals surface area contributed by atoms with Gasteiger partial charge in [0.25, 0.3) is 0 Å². The topological polar surface area (TPSA) is 40.5 Å². The van der Waals surface area contributed by atoms with Gasteiger partial charge in [0.05, 0.1) is 11.2 Å². The first-order valence-corrected chi connectivity index (χ1v) is 9.00. The minimum absolute atomic E-state index is 0.549. The highest BCUT2D eigenvalue weighted by molar-refractivity contribution is 5.33. The summed E-state index contributed by atoms with van der Waals surface area (Å²) in [6.07, 6.45) is 1.10. The van der Waals surface area contributed by atoms with Gasteiger partial charge >= 0.3 is 0 Å². The van der Waals surface area contributed by atoms with Crippen LogP contribution in [0.15, 0.2) is 84.9 Å². The van der Waals surface area contributed by atoms with E-state index < -0.39 is 11.2 Å². The van der Waals surface area contributed by atoms with Gasteiger partial charge in [-0.15, -0.1) is 0 Å². The molecule has 0 bridgehead atoms. The molecule has 2 atom stereocenters. The fraction of sp³-hybridized carbons (Fsp3) is 0.250. The van der Waals surface area contributed by atoms with Crippen LogP contribution in [0.25, 0.3) is 0 Å². The van der Waals surface area contributed by atoms with Gasteiger partial charge in [-0.05, 0) is 36.1 Å². The summed E-state index contributed by atoms with van der Waals surface area (Å²) in [6, 6.07) is 27.6. The van der Waals surface area contributed by atoms with Crippen LogP contribution in [-0.2, 0) is 24.0 Å². The molecule has 134 valence electrons. The van der Waals surface area contributed by atoms with Crippen LogP contribution in [0.3, 0.4) is 0 Å². The zero-order valence-corrected chi connectivity index (χ0v) is 15.4. The average Bonchev–Trinajstić information content (AvgIpc) is 2.63. The van der Waals surface area contributed by atoms with Crippen LogP contribution < -0.4 is 0 Å². The molecule has 2 heteroatoms. The number of benzene rings is 3. The van der Waals surface area contributed by atoms with Crippen molar-refractivity contribution in [2.45, 2.75) is 37.9 Å². The molecule has 2 unspecified atom stereocenters. The Bertz CT molecular complexity index is 747. The average molecular weight is 346 g/mol. The van der Waals surface area contributed by atoms with E-state index in [2.05, 4.69) is 0 Å². The lowest BCUT2D eigenvalue weighted by Gasteiger charge is -2.27. The van der Waals surface area contributed by atoms with E-state index in [1.165, 1.54) is 0 Å². The van der Waals surface area contributed by atoms with Crippen molar-refractivity contribution >= 4 is 0 Å². The van der Waals surface area contributed by atoms with Crippen LogP contribution in [0.2, 0.25) is 0 Å². The molecule has 0 saturated carbocycles. The largest absolute Gasteiger partial charge is 0.385 e. The number of rotatable bonds is 6.